The van der Waals surface area contributed by atoms with E-state index < -0.39 is 6.04 Å². The second-order valence-electron chi connectivity index (χ2n) is 8.35. The summed E-state index contributed by atoms with van der Waals surface area (Å²) in [5.41, 5.74) is 3.26. The van der Waals surface area contributed by atoms with Gasteiger partial charge in [0.05, 0.1) is 5.69 Å². The van der Waals surface area contributed by atoms with Gasteiger partial charge in [0.25, 0.3) is 11.8 Å². The zero-order valence-corrected chi connectivity index (χ0v) is 19.7. The van der Waals surface area contributed by atoms with Crippen molar-refractivity contribution in [2.24, 2.45) is 0 Å². The first kappa shape index (κ1) is 24.0. The van der Waals surface area contributed by atoms with Crippen LogP contribution in [0.25, 0.3) is 0 Å². The van der Waals surface area contributed by atoms with Crippen molar-refractivity contribution in [2.75, 3.05) is 25.6 Å². The summed E-state index contributed by atoms with van der Waals surface area (Å²) < 4.78 is 19.8. The first-order valence-corrected chi connectivity index (χ1v) is 10.8. The number of rotatable bonds is 6. The first-order chi connectivity index (χ1) is 15.7. The lowest BCUT2D eigenvalue weighted by atomic mass is 10.1. The molecule has 33 heavy (non-hydrogen) atoms. The van der Waals surface area contributed by atoms with Crippen LogP contribution in [0.1, 0.15) is 26.3 Å². The number of anilines is 1. The Bertz CT molecular complexity index is 1110. The maximum atomic E-state index is 14.0. The maximum absolute atomic E-state index is 14.0. The molecular formula is C26H30FN3O3. The van der Waals surface area contributed by atoms with Crippen molar-refractivity contribution in [1.82, 2.24) is 10.2 Å². The van der Waals surface area contributed by atoms with Crippen LogP contribution in [0.4, 0.5) is 10.1 Å². The van der Waals surface area contributed by atoms with E-state index in [-0.39, 0.29) is 24.2 Å². The fourth-order valence-corrected chi connectivity index (χ4v) is 3.56. The minimum atomic E-state index is -0.825. The van der Waals surface area contributed by atoms with Crippen molar-refractivity contribution in [2.45, 2.75) is 33.4 Å². The van der Waals surface area contributed by atoms with Crippen LogP contribution in [0.2, 0.25) is 0 Å². The molecule has 0 saturated carbocycles. The minimum Gasteiger partial charge on any atom is -0.489 e. The lowest BCUT2D eigenvalue weighted by Gasteiger charge is -2.23. The fourth-order valence-electron chi connectivity index (χ4n) is 3.56. The van der Waals surface area contributed by atoms with E-state index in [9.17, 15) is 14.0 Å². The monoisotopic (exact) mass is 451 g/mol. The average molecular weight is 452 g/mol. The van der Waals surface area contributed by atoms with E-state index in [1.807, 2.05) is 44.9 Å². The number of nitrogens with one attached hydrogen (secondary N) is 1. The molecular weight excluding hydrogens is 421 g/mol. The molecule has 1 heterocycles. The molecule has 3 rings (SSSR count). The van der Waals surface area contributed by atoms with Crippen molar-refractivity contribution in [1.29, 1.82) is 0 Å². The molecule has 1 atom stereocenters. The Kier molecular flexibility index (Phi) is 7.53. The summed E-state index contributed by atoms with van der Waals surface area (Å²) in [6.07, 6.45) is 1.76. The number of carbonyl (C=O) groups excluding carboxylic acids is 2. The van der Waals surface area contributed by atoms with E-state index >= 15 is 0 Å². The molecule has 1 aliphatic rings. The summed E-state index contributed by atoms with van der Waals surface area (Å²) in [6.45, 7) is 5.94. The molecule has 0 aromatic heterocycles. The SMILES string of the molecule is CC(C)=C(/C=C(/C)N(C)Cc1ccccc1F)C(=O)N[C@H]1COc2ccccc2N(C)C1=O. The molecule has 0 aliphatic carbocycles. The quantitative estimate of drug-likeness (QED) is 0.532. The van der Waals surface area contributed by atoms with E-state index in [4.69, 9.17) is 4.74 Å². The van der Waals surface area contributed by atoms with Crippen LogP contribution >= 0.6 is 0 Å². The van der Waals surface area contributed by atoms with Gasteiger partial charge in [0.2, 0.25) is 0 Å². The zero-order chi connectivity index (χ0) is 24.1. The van der Waals surface area contributed by atoms with Crippen molar-refractivity contribution >= 4 is 17.5 Å². The lowest BCUT2D eigenvalue weighted by molar-refractivity contribution is -0.125. The number of amides is 2. The van der Waals surface area contributed by atoms with Gasteiger partial charge < -0.3 is 19.9 Å². The standard InChI is InChI=1S/C26H30FN3O3/c1-17(2)20(14-18(3)29(4)15-19-10-6-7-11-21(19)27)25(31)28-22-16-33-24-13-9-8-12-23(24)30(5)26(22)32/h6-14,22H,15-16H2,1-5H3,(H,28,31)/b18-14-/t22-/m0/s1. The number of hydrogen-bond acceptors (Lipinski definition) is 4. The Morgan fingerprint density at radius 1 is 1.18 bits per heavy atom. The number of allylic oxidation sites excluding steroid dienone is 2. The molecule has 174 valence electrons. The average Bonchev–Trinajstić information content (AvgIpc) is 2.90. The normalized spacial score (nSPS) is 15.8. The number of nitrogens with zero attached hydrogens (tertiary/aromatic N) is 2. The Morgan fingerprint density at radius 3 is 2.55 bits per heavy atom. The van der Waals surface area contributed by atoms with Gasteiger partial charge in [-0.3, -0.25) is 9.59 Å². The lowest BCUT2D eigenvalue weighted by Crippen LogP contribution is -2.49. The number of hydrogen-bond donors (Lipinski definition) is 1. The minimum absolute atomic E-state index is 0.0395. The van der Waals surface area contributed by atoms with Crippen LogP contribution in [0.3, 0.4) is 0 Å². The van der Waals surface area contributed by atoms with Crippen LogP contribution in [0.15, 0.2) is 71.5 Å². The number of likely N-dealkylation sites (N-methyl/N-ethyl adjacent to an activating group) is 1. The number of fused-ring (bicyclic) bond motifs is 1. The number of halogens is 1. The summed E-state index contributed by atoms with van der Waals surface area (Å²) in [6, 6.07) is 13.1. The molecule has 1 N–H and O–H groups in total. The second-order valence-corrected chi connectivity index (χ2v) is 8.35. The molecule has 0 radical (unpaired) electrons. The van der Waals surface area contributed by atoms with E-state index in [2.05, 4.69) is 5.32 Å². The molecule has 2 amide bonds. The summed E-state index contributed by atoms with van der Waals surface area (Å²) >= 11 is 0. The predicted molar refractivity (Wildman–Crippen MR) is 127 cm³/mol. The highest BCUT2D eigenvalue weighted by molar-refractivity contribution is 6.04. The highest BCUT2D eigenvalue weighted by Crippen LogP contribution is 2.30. The summed E-state index contributed by atoms with van der Waals surface area (Å²) in [7, 11) is 3.51. The van der Waals surface area contributed by atoms with Gasteiger partial charge in [-0.05, 0) is 45.0 Å². The van der Waals surface area contributed by atoms with E-state index in [0.29, 0.717) is 29.1 Å². The van der Waals surface area contributed by atoms with Gasteiger partial charge in [0.1, 0.15) is 24.2 Å². The van der Waals surface area contributed by atoms with Gasteiger partial charge in [-0.25, -0.2) is 4.39 Å². The van der Waals surface area contributed by atoms with Crippen molar-refractivity contribution in [3.05, 3.63) is 82.8 Å². The largest absolute Gasteiger partial charge is 0.489 e. The summed E-state index contributed by atoms with van der Waals surface area (Å²) in [4.78, 5) is 29.5. The van der Waals surface area contributed by atoms with Gasteiger partial charge in [-0.2, -0.15) is 0 Å². The molecule has 2 aromatic rings. The van der Waals surface area contributed by atoms with Crippen LogP contribution in [0, 0.1) is 5.82 Å². The second kappa shape index (κ2) is 10.3. The fraction of sp³-hybridized carbons (Fsp3) is 0.308. The molecule has 0 fully saturated rings. The number of carbonyl (C=O) groups is 2. The van der Waals surface area contributed by atoms with Crippen molar-refractivity contribution < 1.29 is 18.7 Å². The van der Waals surface area contributed by atoms with Gasteiger partial charge >= 0.3 is 0 Å². The molecule has 0 bridgehead atoms. The van der Waals surface area contributed by atoms with Gasteiger partial charge in [-0.1, -0.05) is 35.9 Å². The summed E-state index contributed by atoms with van der Waals surface area (Å²) in [5, 5.41) is 2.82. The topological polar surface area (TPSA) is 61.9 Å². The zero-order valence-electron chi connectivity index (χ0n) is 19.7. The Morgan fingerprint density at radius 2 is 1.85 bits per heavy atom. The number of ether oxygens (including phenoxy) is 1. The predicted octanol–water partition coefficient (Wildman–Crippen LogP) is 4.04. The number of para-hydroxylation sites is 2. The third kappa shape index (κ3) is 5.61. The maximum Gasteiger partial charge on any atom is 0.252 e. The smallest absolute Gasteiger partial charge is 0.252 e. The van der Waals surface area contributed by atoms with Crippen molar-refractivity contribution in [3.8, 4) is 5.75 Å². The molecule has 0 unspecified atom stereocenters. The summed E-state index contributed by atoms with van der Waals surface area (Å²) in [5.74, 6) is -0.291. The molecule has 6 nitrogen and oxygen atoms in total. The van der Waals surface area contributed by atoms with Gasteiger partial charge in [0.15, 0.2) is 0 Å². The van der Waals surface area contributed by atoms with Crippen molar-refractivity contribution in [3.63, 3.8) is 0 Å². The Balaban J connectivity index is 1.75. The highest BCUT2D eigenvalue weighted by Gasteiger charge is 2.31. The molecule has 7 heteroatoms. The van der Waals surface area contributed by atoms with Crippen LogP contribution in [-0.2, 0) is 16.1 Å². The van der Waals surface area contributed by atoms with E-state index in [1.54, 1.807) is 43.5 Å². The first-order valence-electron chi connectivity index (χ1n) is 10.8. The Hall–Kier alpha value is -3.61. The molecule has 0 spiro atoms. The van der Waals surface area contributed by atoms with Crippen LogP contribution < -0.4 is 15.0 Å². The van der Waals surface area contributed by atoms with Crippen LogP contribution in [0.5, 0.6) is 5.75 Å². The Labute approximate surface area is 194 Å². The third-order valence-corrected chi connectivity index (χ3v) is 5.67. The molecule has 2 aromatic carbocycles. The highest BCUT2D eigenvalue weighted by atomic mass is 19.1. The number of benzene rings is 2. The molecule has 0 saturated heterocycles. The third-order valence-electron chi connectivity index (χ3n) is 5.67. The van der Waals surface area contributed by atoms with Gasteiger partial charge in [-0.15, -0.1) is 0 Å². The van der Waals surface area contributed by atoms with E-state index in [0.717, 1.165) is 11.3 Å². The van der Waals surface area contributed by atoms with E-state index in [1.165, 1.54) is 11.0 Å². The van der Waals surface area contributed by atoms with Crippen LogP contribution in [-0.4, -0.2) is 43.5 Å². The van der Waals surface area contributed by atoms with Gasteiger partial charge in [0, 0.05) is 37.5 Å². The molecule has 1 aliphatic heterocycles.